The maximum atomic E-state index is 13.5. The van der Waals surface area contributed by atoms with Gasteiger partial charge in [0.05, 0.1) is 38.7 Å². The summed E-state index contributed by atoms with van der Waals surface area (Å²) in [5.41, 5.74) is 0.290. The highest BCUT2D eigenvalue weighted by Gasteiger charge is 2.08. The number of hydrogen-bond donors (Lipinski definition) is 2. The Morgan fingerprint density at radius 3 is 2.75 bits per heavy atom. The van der Waals surface area contributed by atoms with Gasteiger partial charge in [0.25, 0.3) is 0 Å². The van der Waals surface area contributed by atoms with Gasteiger partial charge >= 0.3 is 0 Å². The lowest BCUT2D eigenvalue weighted by atomic mass is 10.2. The van der Waals surface area contributed by atoms with Crippen molar-refractivity contribution in [2.24, 2.45) is 0 Å². The van der Waals surface area contributed by atoms with E-state index in [2.05, 4.69) is 5.32 Å². The molecule has 20 heavy (non-hydrogen) atoms. The number of benzene rings is 1. The van der Waals surface area contributed by atoms with E-state index in [0.29, 0.717) is 25.6 Å². The topological polar surface area (TPSA) is 60.0 Å². The smallest absolute Gasteiger partial charge is 0.146 e. The molecule has 1 aromatic carbocycles. The third kappa shape index (κ3) is 6.18. The largest absolute Gasteiger partial charge is 0.497 e. The van der Waals surface area contributed by atoms with E-state index in [9.17, 15) is 9.50 Å². The number of nitrogens with one attached hydrogen (secondary N) is 1. The van der Waals surface area contributed by atoms with Crippen LogP contribution in [0.5, 0.6) is 5.75 Å². The summed E-state index contributed by atoms with van der Waals surface area (Å²) in [6, 6.07) is 4.39. The van der Waals surface area contributed by atoms with Gasteiger partial charge in [-0.1, -0.05) is 0 Å². The van der Waals surface area contributed by atoms with E-state index in [4.69, 9.17) is 14.2 Å². The zero-order valence-corrected chi connectivity index (χ0v) is 11.9. The Labute approximate surface area is 118 Å². The second kappa shape index (κ2) is 9.52. The van der Waals surface area contributed by atoms with Crippen LogP contribution < -0.4 is 10.1 Å². The molecule has 0 radical (unpaired) electrons. The molecule has 0 bridgehead atoms. The van der Waals surface area contributed by atoms with Crippen LogP contribution in [0.4, 0.5) is 10.1 Å². The maximum absolute atomic E-state index is 13.5. The molecule has 0 aliphatic heterocycles. The third-order valence-electron chi connectivity index (χ3n) is 2.59. The number of anilines is 1. The predicted octanol–water partition coefficient (Wildman–Crippen LogP) is 1.66. The molecule has 0 aromatic heterocycles. The van der Waals surface area contributed by atoms with Gasteiger partial charge in [0.1, 0.15) is 11.6 Å². The average Bonchev–Trinajstić information content (AvgIpc) is 2.46. The molecule has 0 saturated heterocycles. The minimum atomic E-state index is -0.720. The summed E-state index contributed by atoms with van der Waals surface area (Å²) in [6.07, 6.45) is -0.720. The van der Waals surface area contributed by atoms with Crippen LogP contribution in [0.3, 0.4) is 0 Å². The van der Waals surface area contributed by atoms with Crippen molar-refractivity contribution in [2.45, 2.75) is 13.0 Å². The van der Waals surface area contributed by atoms with Crippen molar-refractivity contribution >= 4 is 5.69 Å². The average molecular weight is 287 g/mol. The van der Waals surface area contributed by atoms with Crippen LogP contribution in [-0.2, 0) is 9.47 Å². The Balaban J connectivity index is 2.28. The molecule has 1 aromatic rings. The van der Waals surface area contributed by atoms with E-state index < -0.39 is 11.9 Å². The molecule has 1 unspecified atom stereocenters. The Kier molecular flexibility index (Phi) is 7.94. The SMILES string of the molecule is CCOCCOCC(O)CNc1cc(OC)ccc1F. The van der Waals surface area contributed by atoms with E-state index in [1.54, 1.807) is 0 Å². The first kappa shape index (κ1) is 16.7. The minimum Gasteiger partial charge on any atom is -0.497 e. The van der Waals surface area contributed by atoms with Crippen molar-refractivity contribution in [3.8, 4) is 5.75 Å². The Morgan fingerprint density at radius 1 is 1.30 bits per heavy atom. The normalized spacial score (nSPS) is 12.2. The molecular formula is C14H22FNO4. The first-order valence-electron chi connectivity index (χ1n) is 6.58. The molecule has 1 rings (SSSR count). The lowest BCUT2D eigenvalue weighted by Crippen LogP contribution is -2.26. The summed E-state index contributed by atoms with van der Waals surface area (Å²) in [7, 11) is 1.51. The van der Waals surface area contributed by atoms with Crippen LogP contribution in [-0.4, -0.2) is 51.3 Å². The monoisotopic (exact) mass is 287 g/mol. The second-order valence-corrected chi connectivity index (χ2v) is 4.15. The minimum absolute atomic E-state index is 0.172. The molecule has 0 fully saturated rings. The Morgan fingerprint density at radius 2 is 2.05 bits per heavy atom. The van der Waals surface area contributed by atoms with Crippen molar-refractivity contribution in [3.63, 3.8) is 0 Å². The molecule has 6 heteroatoms. The van der Waals surface area contributed by atoms with E-state index in [-0.39, 0.29) is 18.8 Å². The highest BCUT2D eigenvalue weighted by Crippen LogP contribution is 2.20. The first-order valence-corrected chi connectivity index (χ1v) is 6.58. The van der Waals surface area contributed by atoms with Crippen LogP contribution in [0, 0.1) is 5.82 Å². The maximum Gasteiger partial charge on any atom is 0.146 e. The molecule has 114 valence electrons. The van der Waals surface area contributed by atoms with Crippen LogP contribution in [0.25, 0.3) is 0 Å². The standard InChI is InChI=1S/C14H22FNO4/c1-3-19-6-7-20-10-11(17)9-16-14-8-12(18-2)4-5-13(14)15/h4-5,8,11,16-17H,3,6-7,9-10H2,1-2H3. The fourth-order valence-corrected chi connectivity index (χ4v) is 1.54. The fourth-order valence-electron chi connectivity index (χ4n) is 1.54. The molecule has 0 aliphatic carbocycles. The van der Waals surface area contributed by atoms with Crippen molar-refractivity contribution < 1.29 is 23.7 Å². The zero-order chi connectivity index (χ0) is 14.8. The summed E-state index contributed by atoms with van der Waals surface area (Å²) < 4.78 is 28.8. The Hall–Kier alpha value is -1.37. The van der Waals surface area contributed by atoms with Crippen molar-refractivity contribution in [1.82, 2.24) is 0 Å². The third-order valence-corrected chi connectivity index (χ3v) is 2.59. The lowest BCUT2D eigenvalue weighted by molar-refractivity contribution is 0.0103. The molecular weight excluding hydrogens is 265 g/mol. The number of aliphatic hydroxyl groups is 1. The highest BCUT2D eigenvalue weighted by atomic mass is 19.1. The summed E-state index contributed by atoms with van der Waals surface area (Å²) >= 11 is 0. The lowest BCUT2D eigenvalue weighted by Gasteiger charge is -2.14. The van der Waals surface area contributed by atoms with Gasteiger partial charge < -0.3 is 24.6 Å². The van der Waals surface area contributed by atoms with E-state index in [0.717, 1.165) is 0 Å². The van der Waals surface area contributed by atoms with E-state index in [1.165, 1.54) is 25.3 Å². The molecule has 0 aliphatic rings. The number of aliphatic hydroxyl groups excluding tert-OH is 1. The van der Waals surface area contributed by atoms with Crippen molar-refractivity contribution in [2.75, 3.05) is 45.4 Å². The van der Waals surface area contributed by atoms with Gasteiger partial charge in [-0.2, -0.15) is 0 Å². The number of ether oxygens (including phenoxy) is 3. The number of halogens is 1. The van der Waals surface area contributed by atoms with Gasteiger partial charge in [-0.15, -0.1) is 0 Å². The van der Waals surface area contributed by atoms with Crippen LogP contribution >= 0.6 is 0 Å². The summed E-state index contributed by atoms with van der Waals surface area (Å²) in [6.45, 7) is 3.84. The fraction of sp³-hybridized carbons (Fsp3) is 0.571. The highest BCUT2D eigenvalue weighted by molar-refractivity contribution is 5.49. The Bertz CT molecular complexity index is 389. The van der Waals surface area contributed by atoms with Gasteiger partial charge in [0, 0.05) is 19.2 Å². The molecule has 0 amide bonds. The van der Waals surface area contributed by atoms with E-state index in [1.807, 2.05) is 6.92 Å². The van der Waals surface area contributed by atoms with Crippen LogP contribution in [0.2, 0.25) is 0 Å². The number of methoxy groups -OCH3 is 1. The molecule has 1 atom stereocenters. The van der Waals surface area contributed by atoms with Gasteiger partial charge in [-0.05, 0) is 19.1 Å². The van der Waals surface area contributed by atoms with Crippen molar-refractivity contribution in [1.29, 1.82) is 0 Å². The van der Waals surface area contributed by atoms with Crippen molar-refractivity contribution in [3.05, 3.63) is 24.0 Å². The van der Waals surface area contributed by atoms with Gasteiger partial charge in [0.2, 0.25) is 0 Å². The summed E-state index contributed by atoms with van der Waals surface area (Å²) in [4.78, 5) is 0. The van der Waals surface area contributed by atoms with E-state index >= 15 is 0 Å². The second-order valence-electron chi connectivity index (χ2n) is 4.15. The number of hydrogen-bond acceptors (Lipinski definition) is 5. The molecule has 0 saturated carbocycles. The predicted molar refractivity (Wildman–Crippen MR) is 74.8 cm³/mol. The number of rotatable bonds is 10. The van der Waals surface area contributed by atoms with Crippen LogP contribution in [0.1, 0.15) is 6.92 Å². The summed E-state index contributed by atoms with van der Waals surface area (Å²) in [5.74, 6) is 0.159. The molecule has 5 nitrogen and oxygen atoms in total. The zero-order valence-electron chi connectivity index (χ0n) is 11.9. The van der Waals surface area contributed by atoms with Crippen LogP contribution in [0.15, 0.2) is 18.2 Å². The quantitative estimate of drug-likeness (QED) is 0.641. The van der Waals surface area contributed by atoms with Gasteiger partial charge in [-0.25, -0.2) is 4.39 Å². The molecule has 0 heterocycles. The summed E-state index contributed by atoms with van der Waals surface area (Å²) in [5, 5.41) is 12.5. The van der Waals surface area contributed by atoms with Gasteiger partial charge in [-0.3, -0.25) is 0 Å². The van der Waals surface area contributed by atoms with Gasteiger partial charge in [0.15, 0.2) is 0 Å². The molecule has 2 N–H and O–H groups in total. The first-order chi connectivity index (χ1) is 9.67. The molecule has 0 spiro atoms.